The van der Waals surface area contributed by atoms with Crippen LogP contribution in [-0.4, -0.2) is 23.8 Å². The van der Waals surface area contributed by atoms with E-state index >= 15 is 0 Å². The minimum absolute atomic E-state index is 0.138. The van der Waals surface area contributed by atoms with E-state index in [1.165, 1.54) is 18.2 Å². The van der Waals surface area contributed by atoms with Crippen molar-refractivity contribution in [3.8, 4) is 0 Å². The number of nitrogens with zero attached hydrogens (tertiary/aromatic N) is 1. The number of carbonyl (C=O) groups is 2. The van der Waals surface area contributed by atoms with Crippen LogP contribution in [0.5, 0.6) is 0 Å². The topological polar surface area (TPSA) is 98.5 Å². The number of nitro benzene ring substituents is 1. The van der Waals surface area contributed by atoms with Crippen LogP contribution in [0, 0.1) is 10.1 Å². The first kappa shape index (κ1) is 18.9. The molecule has 0 heterocycles. The molecule has 0 bridgehead atoms. The quantitative estimate of drug-likeness (QED) is 0.337. The Balaban J connectivity index is 1.78. The standard InChI is InChI=1S/C19H18N2O5/c22-13-16-9-10-17(18(12-16)21(24)25)8-4-5-11-20-19(23)26-14-15-6-2-1-3-7-15/h1-4,6-10,12-13H,5,11,14H2,(H,20,23). The van der Waals surface area contributed by atoms with Gasteiger partial charge in [-0.05, 0) is 18.1 Å². The maximum absolute atomic E-state index is 11.6. The second kappa shape index (κ2) is 9.73. The van der Waals surface area contributed by atoms with E-state index in [2.05, 4.69) is 5.32 Å². The van der Waals surface area contributed by atoms with E-state index < -0.39 is 11.0 Å². The van der Waals surface area contributed by atoms with Gasteiger partial charge in [-0.2, -0.15) is 0 Å². The van der Waals surface area contributed by atoms with E-state index in [0.717, 1.165) is 5.56 Å². The summed E-state index contributed by atoms with van der Waals surface area (Å²) in [7, 11) is 0. The van der Waals surface area contributed by atoms with Crippen molar-refractivity contribution < 1.29 is 19.2 Å². The van der Waals surface area contributed by atoms with Crippen molar-refractivity contribution >= 4 is 24.1 Å². The monoisotopic (exact) mass is 354 g/mol. The third kappa shape index (κ3) is 5.86. The molecule has 26 heavy (non-hydrogen) atoms. The number of rotatable bonds is 8. The van der Waals surface area contributed by atoms with Crippen LogP contribution >= 0.6 is 0 Å². The summed E-state index contributed by atoms with van der Waals surface area (Å²) < 4.78 is 5.07. The Bertz CT molecular complexity index is 803. The van der Waals surface area contributed by atoms with Crippen molar-refractivity contribution in [2.45, 2.75) is 13.0 Å². The normalized spacial score (nSPS) is 10.5. The molecule has 7 heteroatoms. The lowest BCUT2D eigenvalue weighted by Gasteiger charge is -2.05. The first-order valence-electron chi connectivity index (χ1n) is 7.95. The molecule has 0 atom stereocenters. The Morgan fingerprint density at radius 1 is 1.19 bits per heavy atom. The molecule has 0 aliphatic heterocycles. The van der Waals surface area contributed by atoms with Gasteiger partial charge in [0.05, 0.1) is 10.5 Å². The molecule has 0 saturated carbocycles. The molecule has 2 aromatic carbocycles. The van der Waals surface area contributed by atoms with Gasteiger partial charge in [-0.3, -0.25) is 14.9 Å². The molecule has 1 N–H and O–H groups in total. The zero-order chi connectivity index (χ0) is 18.8. The molecule has 0 spiro atoms. The smallest absolute Gasteiger partial charge is 0.407 e. The average Bonchev–Trinajstić information content (AvgIpc) is 2.66. The second-order valence-electron chi connectivity index (χ2n) is 5.37. The van der Waals surface area contributed by atoms with Crippen LogP contribution in [0.15, 0.2) is 54.6 Å². The number of amides is 1. The largest absolute Gasteiger partial charge is 0.445 e. The number of nitrogens with one attached hydrogen (secondary N) is 1. The van der Waals surface area contributed by atoms with E-state index in [0.29, 0.717) is 24.8 Å². The third-order valence-electron chi connectivity index (χ3n) is 3.48. The minimum atomic E-state index is -0.536. The molecule has 0 aliphatic carbocycles. The van der Waals surface area contributed by atoms with Crippen LogP contribution in [0.4, 0.5) is 10.5 Å². The lowest BCUT2D eigenvalue weighted by molar-refractivity contribution is -0.385. The molecule has 0 radical (unpaired) electrons. The highest BCUT2D eigenvalue weighted by molar-refractivity contribution is 5.78. The van der Waals surface area contributed by atoms with Crippen molar-refractivity contribution in [2.75, 3.05) is 6.54 Å². The molecule has 0 aromatic heterocycles. The third-order valence-corrected chi connectivity index (χ3v) is 3.48. The highest BCUT2D eigenvalue weighted by Crippen LogP contribution is 2.21. The molecule has 2 rings (SSSR count). The van der Waals surface area contributed by atoms with Crippen molar-refractivity contribution in [3.05, 3.63) is 81.4 Å². The van der Waals surface area contributed by atoms with Crippen LogP contribution in [0.3, 0.4) is 0 Å². The summed E-state index contributed by atoms with van der Waals surface area (Å²) in [6.45, 7) is 0.530. The molecule has 0 unspecified atom stereocenters. The average molecular weight is 354 g/mol. The number of carbonyl (C=O) groups excluding carboxylic acids is 2. The number of ether oxygens (including phenoxy) is 1. The molecule has 7 nitrogen and oxygen atoms in total. The summed E-state index contributed by atoms with van der Waals surface area (Å²) in [5, 5.41) is 13.6. The molecule has 134 valence electrons. The SMILES string of the molecule is O=Cc1ccc(C=CCCNC(=O)OCc2ccccc2)c([N+](=O)[O-])c1. The summed E-state index contributed by atoms with van der Waals surface area (Å²) in [6.07, 6.45) is 3.81. The van der Waals surface area contributed by atoms with Gasteiger partial charge in [0.2, 0.25) is 0 Å². The van der Waals surface area contributed by atoms with E-state index in [1.807, 2.05) is 30.3 Å². The number of hydrogen-bond acceptors (Lipinski definition) is 5. The molecular weight excluding hydrogens is 336 g/mol. The van der Waals surface area contributed by atoms with Crippen molar-refractivity contribution in [2.24, 2.45) is 0 Å². The fourth-order valence-electron chi connectivity index (χ4n) is 2.18. The maximum atomic E-state index is 11.6. The first-order valence-corrected chi connectivity index (χ1v) is 7.95. The summed E-state index contributed by atoms with van der Waals surface area (Å²) in [6, 6.07) is 13.6. The number of benzene rings is 2. The highest BCUT2D eigenvalue weighted by atomic mass is 16.6. The van der Waals surface area contributed by atoms with E-state index in [9.17, 15) is 19.7 Å². The Morgan fingerprint density at radius 2 is 1.96 bits per heavy atom. The number of hydrogen-bond donors (Lipinski definition) is 1. The molecule has 0 fully saturated rings. The van der Waals surface area contributed by atoms with Gasteiger partial charge < -0.3 is 10.1 Å². The number of aldehydes is 1. The van der Waals surface area contributed by atoms with Crippen molar-refractivity contribution in [1.29, 1.82) is 0 Å². The van der Waals surface area contributed by atoms with E-state index in [4.69, 9.17) is 4.74 Å². The molecular formula is C19H18N2O5. The van der Waals surface area contributed by atoms with Gasteiger partial charge in [0.25, 0.3) is 5.69 Å². The van der Waals surface area contributed by atoms with Gasteiger partial charge in [-0.15, -0.1) is 0 Å². The van der Waals surface area contributed by atoms with E-state index in [-0.39, 0.29) is 17.9 Å². The van der Waals surface area contributed by atoms with Gasteiger partial charge in [-0.25, -0.2) is 4.79 Å². The second-order valence-corrected chi connectivity index (χ2v) is 5.37. The molecule has 0 saturated heterocycles. The van der Waals surface area contributed by atoms with Gasteiger partial charge in [0.15, 0.2) is 0 Å². The van der Waals surface area contributed by atoms with Crippen molar-refractivity contribution in [1.82, 2.24) is 5.32 Å². The number of alkyl carbamates (subject to hydrolysis) is 1. The van der Waals surface area contributed by atoms with Crippen LogP contribution < -0.4 is 5.32 Å². The fraction of sp³-hybridized carbons (Fsp3) is 0.158. The minimum Gasteiger partial charge on any atom is -0.445 e. The Kier molecular flexibility index (Phi) is 7.05. The highest BCUT2D eigenvalue weighted by Gasteiger charge is 2.12. The Morgan fingerprint density at radius 3 is 2.65 bits per heavy atom. The first-order chi connectivity index (χ1) is 12.6. The van der Waals surface area contributed by atoms with Gasteiger partial charge in [0.1, 0.15) is 12.9 Å². The fourth-order valence-corrected chi connectivity index (χ4v) is 2.18. The predicted octanol–water partition coefficient (Wildman–Crippen LogP) is 3.74. The zero-order valence-electron chi connectivity index (χ0n) is 14.0. The zero-order valence-corrected chi connectivity index (χ0v) is 14.0. The summed E-state index contributed by atoms with van der Waals surface area (Å²) >= 11 is 0. The summed E-state index contributed by atoms with van der Waals surface area (Å²) in [5.41, 5.74) is 1.40. The molecule has 2 aromatic rings. The van der Waals surface area contributed by atoms with Crippen molar-refractivity contribution in [3.63, 3.8) is 0 Å². The van der Waals surface area contributed by atoms with Gasteiger partial charge >= 0.3 is 6.09 Å². The Labute approximate surface area is 150 Å². The number of nitro groups is 1. The van der Waals surface area contributed by atoms with Crippen LogP contribution in [-0.2, 0) is 11.3 Å². The van der Waals surface area contributed by atoms with Crippen LogP contribution in [0.25, 0.3) is 6.08 Å². The van der Waals surface area contributed by atoms with Crippen LogP contribution in [0.2, 0.25) is 0 Å². The van der Waals surface area contributed by atoms with Gasteiger partial charge in [0, 0.05) is 18.2 Å². The Hall–Kier alpha value is -3.48. The lowest BCUT2D eigenvalue weighted by atomic mass is 10.1. The lowest BCUT2D eigenvalue weighted by Crippen LogP contribution is -2.24. The summed E-state index contributed by atoms with van der Waals surface area (Å²) in [4.78, 5) is 32.8. The van der Waals surface area contributed by atoms with Crippen LogP contribution in [0.1, 0.15) is 27.9 Å². The summed E-state index contributed by atoms with van der Waals surface area (Å²) in [5.74, 6) is 0. The van der Waals surface area contributed by atoms with Gasteiger partial charge in [-0.1, -0.05) is 48.6 Å². The van der Waals surface area contributed by atoms with E-state index in [1.54, 1.807) is 12.2 Å². The predicted molar refractivity (Wildman–Crippen MR) is 96.8 cm³/mol. The molecule has 1 amide bonds. The molecule has 0 aliphatic rings. The maximum Gasteiger partial charge on any atom is 0.407 e.